The second-order valence-corrected chi connectivity index (χ2v) is 19.8. The van der Waals surface area contributed by atoms with Gasteiger partial charge in [-0.25, -0.2) is 4.85 Å². The molecular weight excluding hydrogens is 827 g/mol. The Morgan fingerprint density at radius 1 is 0.426 bits per heavy atom. The van der Waals surface area contributed by atoms with Gasteiger partial charge in [-0.15, -0.1) is 0 Å². The van der Waals surface area contributed by atoms with Gasteiger partial charge in [0.2, 0.25) is 0 Å². The van der Waals surface area contributed by atoms with E-state index in [4.69, 9.17) is 11.3 Å². The summed E-state index contributed by atoms with van der Waals surface area (Å²) in [7, 11) is 1.69. The molecule has 2 aromatic heterocycles. The highest BCUT2D eigenvalue weighted by molar-refractivity contribution is 6.20. The van der Waals surface area contributed by atoms with Gasteiger partial charge in [0.05, 0.1) is 35.7 Å². The predicted molar refractivity (Wildman–Crippen MR) is 289 cm³/mol. The SMILES string of the molecule is [C-]#[N+]c1ccc(/C=C/c2ccc(-c3ccc4c(c3)n(-c3cccc(C(C)(C)C)c3)c3c5ccc(-c6ccc(/C=C/c7ccc(OC)cc7)cc6)cc5n(-c5cccc(C(C)(C)C)c5)c43)cc2)cc1. The van der Waals surface area contributed by atoms with Crippen LogP contribution < -0.4 is 4.74 Å². The van der Waals surface area contributed by atoms with Gasteiger partial charge in [-0.2, -0.15) is 0 Å². The number of fused-ring (bicyclic) bond motifs is 5. The Kier molecular flexibility index (Phi) is 11.3. The third-order valence-electron chi connectivity index (χ3n) is 13.2. The molecule has 4 heteroatoms. The van der Waals surface area contributed by atoms with E-state index in [0.29, 0.717) is 5.69 Å². The Morgan fingerprint density at radius 3 is 1.16 bits per heavy atom. The van der Waals surface area contributed by atoms with Crippen LogP contribution in [0.2, 0.25) is 0 Å². The van der Waals surface area contributed by atoms with Crippen LogP contribution in [0.4, 0.5) is 5.69 Å². The van der Waals surface area contributed by atoms with Crippen molar-refractivity contribution in [2.45, 2.75) is 52.4 Å². The molecule has 8 aromatic carbocycles. The van der Waals surface area contributed by atoms with Crippen molar-refractivity contribution in [2.24, 2.45) is 0 Å². The van der Waals surface area contributed by atoms with Crippen LogP contribution in [-0.2, 0) is 10.8 Å². The zero-order valence-corrected chi connectivity index (χ0v) is 39.9. The number of nitrogens with zero attached hydrogens (tertiary/aromatic N) is 3. The fraction of sp³-hybridized carbons (Fsp3) is 0.141. The van der Waals surface area contributed by atoms with E-state index in [1.165, 1.54) is 49.6 Å². The molecule has 10 aromatic rings. The highest BCUT2D eigenvalue weighted by Crippen LogP contribution is 2.44. The van der Waals surface area contributed by atoms with Crippen LogP contribution in [0.15, 0.2) is 182 Å². The molecule has 2 heterocycles. The van der Waals surface area contributed by atoms with Gasteiger partial charge in [0.25, 0.3) is 0 Å². The molecule has 68 heavy (non-hydrogen) atoms. The fourth-order valence-electron chi connectivity index (χ4n) is 9.23. The van der Waals surface area contributed by atoms with Gasteiger partial charge in [0, 0.05) is 22.1 Å². The molecule has 0 aliphatic rings. The summed E-state index contributed by atoms with van der Waals surface area (Å²) in [6.45, 7) is 21.0. The molecule has 0 unspecified atom stereocenters. The predicted octanol–water partition coefficient (Wildman–Crippen LogP) is 17.6. The van der Waals surface area contributed by atoms with Crippen molar-refractivity contribution in [1.82, 2.24) is 9.13 Å². The first-order valence-corrected chi connectivity index (χ1v) is 23.4. The molecule has 0 amide bonds. The first kappa shape index (κ1) is 43.7. The lowest BCUT2D eigenvalue weighted by Gasteiger charge is -2.20. The van der Waals surface area contributed by atoms with Crippen LogP contribution in [0, 0.1) is 6.57 Å². The van der Waals surface area contributed by atoms with Gasteiger partial charge in [-0.1, -0.05) is 199 Å². The minimum atomic E-state index is -0.0298. The zero-order chi connectivity index (χ0) is 47.2. The average Bonchev–Trinajstić information content (AvgIpc) is 3.87. The number of aromatic nitrogens is 2. The third kappa shape index (κ3) is 8.56. The molecule has 10 rings (SSSR count). The molecule has 0 aliphatic carbocycles. The van der Waals surface area contributed by atoms with Crippen molar-refractivity contribution in [2.75, 3.05) is 7.11 Å². The second kappa shape index (κ2) is 17.6. The van der Waals surface area contributed by atoms with E-state index >= 15 is 0 Å². The lowest BCUT2D eigenvalue weighted by atomic mass is 9.87. The van der Waals surface area contributed by atoms with Crippen molar-refractivity contribution in [3.63, 3.8) is 0 Å². The maximum absolute atomic E-state index is 7.27. The van der Waals surface area contributed by atoms with Gasteiger partial charge in [-0.3, -0.25) is 0 Å². The monoisotopic (exact) mass is 881 g/mol. The Bertz CT molecular complexity index is 3580. The van der Waals surface area contributed by atoms with Gasteiger partial charge < -0.3 is 13.9 Å². The van der Waals surface area contributed by atoms with Gasteiger partial charge >= 0.3 is 0 Å². The van der Waals surface area contributed by atoms with Crippen LogP contribution in [0.3, 0.4) is 0 Å². The quantitative estimate of drug-likeness (QED) is 0.105. The summed E-state index contributed by atoms with van der Waals surface area (Å²) in [4.78, 5) is 3.52. The minimum absolute atomic E-state index is 0.0287. The molecule has 0 fully saturated rings. The Hall–Kier alpha value is -8.13. The van der Waals surface area contributed by atoms with E-state index in [-0.39, 0.29) is 10.8 Å². The summed E-state index contributed by atoms with van der Waals surface area (Å²) in [5, 5.41) is 2.39. The molecule has 0 radical (unpaired) electrons. The standard InChI is InChI=1S/C64H55N3O/c1-63(2,3)51-11-9-13-54(41-51)66-59-39-49(47-27-19-43(20-28-47)15-17-45-23-33-53(65-7)34-24-45)31-37-57(59)61-62(66)58-38-32-50(40-60(58)67(61)55-14-10-12-52(42-55)64(4,5)6)48-29-21-44(22-30-48)16-18-46-25-35-56(68-8)36-26-46/h9-42H,1-6,8H3/b17-15+,18-16+. The van der Waals surface area contributed by atoms with Crippen molar-refractivity contribution in [3.05, 3.63) is 227 Å². The Morgan fingerprint density at radius 2 is 0.794 bits per heavy atom. The van der Waals surface area contributed by atoms with Crippen LogP contribution in [0.1, 0.15) is 74.9 Å². The summed E-state index contributed by atoms with van der Waals surface area (Å²) >= 11 is 0. The van der Waals surface area contributed by atoms with Crippen LogP contribution in [0.25, 0.3) is 95.6 Å². The van der Waals surface area contributed by atoms with E-state index in [1.54, 1.807) is 7.11 Å². The molecule has 4 nitrogen and oxygen atoms in total. The fourth-order valence-corrected chi connectivity index (χ4v) is 9.23. The number of benzene rings is 8. The van der Waals surface area contributed by atoms with E-state index in [9.17, 15) is 0 Å². The van der Waals surface area contributed by atoms with Crippen LogP contribution >= 0.6 is 0 Å². The maximum Gasteiger partial charge on any atom is 0.187 e. The highest BCUT2D eigenvalue weighted by atomic mass is 16.5. The lowest BCUT2D eigenvalue weighted by Crippen LogP contribution is -2.11. The molecule has 0 spiro atoms. The maximum atomic E-state index is 7.27. The van der Waals surface area contributed by atoms with E-state index in [0.717, 1.165) is 56.0 Å². The number of rotatable bonds is 9. The molecular formula is C64H55N3O. The molecule has 332 valence electrons. The summed E-state index contributed by atoms with van der Waals surface area (Å²) in [6.07, 6.45) is 8.52. The first-order chi connectivity index (χ1) is 32.8. The van der Waals surface area contributed by atoms with Gasteiger partial charge in [-0.05, 0) is 115 Å². The molecule has 0 saturated carbocycles. The van der Waals surface area contributed by atoms with E-state index in [2.05, 4.69) is 225 Å². The molecule has 0 saturated heterocycles. The second-order valence-electron chi connectivity index (χ2n) is 19.8. The van der Waals surface area contributed by atoms with Gasteiger partial charge in [0.15, 0.2) is 5.69 Å². The topological polar surface area (TPSA) is 23.4 Å². The molecule has 0 aliphatic heterocycles. The van der Waals surface area contributed by atoms with Crippen LogP contribution in [-0.4, -0.2) is 16.2 Å². The number of hydrogen-bond donors (Lipinski definition) is 0. The van der Waals surface area contributed by atoms with Gasteiger partial charge in [0.1, 0.15) is 5.75 Å². The summed E-state index contributed by atoms with van der Waals surface area (Å²) in [5.41, 5.74) is 19.3. The molecule has 0 bridgehead atoms. The molecule has 0 N–H and O–H groups in total. The first-order valence-electron chi connectivity index (χ1n) is 23.4. The van der Waals surface area contributed by atoms with E-state index < -0.39 is 0 Å². The normalized spacial score (nSPS) is 12.2. The number of methoxy groups -OCH3 is 1. The van der Waals surface area contributed by atoms with Crippen molar-refractivity contribution >= 4 is 62.8 Å². The smallest absolute Gasteiger partial charge is 0.187 e. The zero-order valence-electron chi connectivity index (χ0n) is 39.9. The lowest BCUT2D eigenvalue weighted by molar-refractivity contribution is 0.415. The summed E-state index contributed by atoms with van der Waals surface area (Å²) < 4.78 is 10.4. The third-order valence-corrected chi connectivity index (χ3v) is 13.2. The largest absolute Gasteiger partial charge is 0.497 e. The summed E-state index contributed by atoms with van der Waals surface area (Å²) in [5.74, 6) is 0.854. The minimum Gasteiger partial charge on any atom is -0.497 e. The molecule has 0 atom stereocenters. The van der Waals surface area contributed by atoms with Crippen molar-refractivity contribution in [3.8, 4) is 39.4 Å². The highest BCUT2D eigenvalue weighted by Gasteiger charge is 2.25. The number of ether oxygens (including phenoxy) is 1. The van der Waals surface area contributed by atoms with Crippen molar-refractivity contribution in [1.29, 1.82) is 0 Å². The Balaban J connectivity index is 1.14. The average molecular weight is 882 g/mol. The Labute approximate surface area is 400 Å². The number of hydrogen-bond acceptors (Lipinski definition) is 1. The van der Waals surface area contributed by atoms with Crippen molar-refractivity contribution < 1.29 is 4.74 Å². The summed E-state index contributed by atoms with van der Waals surface area (Å²) in [6, 6.07) is 65.7. The van der Waals surface area contributed by atoms with E-state index in [1.807, 2.05) is 36.4 Å². The van der Waals surface area contributed by atoms with Crippen LogP contribution in [0.5, 0.6) is 5.75 Å².